The SMILES string of the molecule is Cc1ccc(C(=O)NCC(=O)OCC(=O)N(C2CCCC2)[C@@H]2CCS(=O)(=O)C2)s1. The Morgan fingerprint density at radius 1 is 1.17 bits per heavy atom. The molecule has 1 N–H and O–H groups in total. The van der Waals surface area contributed by atoms with Crippen molar-refractivity contribution < 1.29 is 27.5 Å². The van der Waals surface area contributed by atoms with E-state index in [1.165, 1.54) is 11.3 Å². The fourth-order valence-electron chi connectivity index (χ4n) is 3.95. The highest BCUT2D eigenvalue weighted by Gasteiger charge is 2.39. The molecule has 0 bridgehead atoms. The molecule has 3 rings (SSSR count). The van der Waals surface area contributed by atoms with Crippen molar-refractivity contribution in [2.75, 3.05) is 24.7 Å². The third-order valence-corrected chi connectivity index (χ3v) is 8.07. The molecule has 2 heterocycles. The van der Waals surface area contributed by atoms with Gasteiger partial charge in [0, 0.05) is 17.0 Å². The van der Waals surface area contributed by atoms with Crippen LogP contribution in [0.4, 0.5) is 0 Å². The maximum Gasteiger partial charge on any atom is 0.325 e. The second-order valence-electron chi connectivity index (χ2n) is 7.55. The lowest BCUT2D eigenvalue weighted by molar-refractivity contribution is -0.153. The van der Waals surface area contributed by atoms with Crippen molar-refractivity contribution in [3.05, 3.63) is 21.9 Å². The van der Waals surface area contributed by atoms with Gasteiger partial charge in [0.25, 0.3) is 11.8 Å². The summed E-state index contributed by atoms with van der Waals surface area (Å²) in [6, 6.07) is 3.15. The molecule has 1 aromatic heterocycles. The monoisotopic (exact) mass is 442 g/mol. The largest absolute Gasteiger partial charge is 0.454 e. The van der Waals surface area contributed by atoms with Gasteiger partial charge in [-0.1, -0.05) is 12.8 Å². The van der Waals surface area contributed by atoms with E-state index >= 15 is 0 Å². The number of thiophene rings is 1. The Morgan fingerprint density at radius 2 is 1.90 bits per heavy atom. The first-order valence-electron chi connectivity index (χ1n) is 9.77. The zero-order chi connectivity index (χ0) is 21.0. The second kappa shape index (κ2) is 9.25. The van der Waals surface area contributed by atoms with E-state index in [0.717, 1.165) is 30.6 Å². The van der Waals surface area contributed by atoms with Gasteiger partial charge in [0.1, 0.15) is 6.54 Å². The van der Waals surface area contributed by atoms with E-state index in [9.17, 15) is 22.8 Å². The molecule has 0 radical (unpaired) electrons. The Labute approximate surface area is 174 Å². The summed E-state index contributed by atoms with van der Waals surface area (Å²) in [6.45, 7) is 1.11. The van der Waals surface area contributed by atoms with E-state index in [1.807, 2.05) is 13.0 Å². The van der Waals surface area contributed by atoms with Crippen molar-refractivity contribution in [2.45, 2.75) is 51.1 Å². The number of amides is 2. The molecule has 1 aliphatic heterocycles. The lowest BCUT2D eigenvalue weighted by Crippen LogP contribution is -2.48. The number of nitrogens with zero attached hydrogens (tertiary/aromatic N) is 1. The molecule has 160 valence electrons. The Bertz CT molecular complexity index is 873. The van der Waals surface area contributed by atoms with Crippen LogP contribution >= 0.6 is 11.3 Å². The van der Waals surface area contributed by atoms with Gasteiger partial charge in [-0.3, -0.25) is 14.4 Å². The van der Waals surface area contributed by atoms with Crippen LogP contribution in [0.2, 0.25) is 0 Å². The third-order valence-electron chi connectivity index (χ3n) is 5.32. The number of ether oxygens (including phenoxy) is 1. The van der Waals surface area contributed by atoms with Crippen LogP contribution in [0.25, 0.3) is 0 Å². The smallest absolute Gasteiger partial charge is 0.325 e. The van der Waals surface area contributed by atoms with Crippen molar-refractivity contribution in [3.8, 4) is 0 Å². The van der Waals surface area contributed by atoms with Gasteiger partial charge in [-0.05, 0) is 38.3 Å². The molecule has 2 fully saturated rings. The molecule has 10 heteroatoms. The average Bonchev–Trinajstić information content (AvgIpc) is 3.40. The number of rotatable bonds is 7. The highest BCUT2D eigenvalue weighted by Crippen LogP contribution is 2.29. The van der Waals surface area contributed by atoms with Crippen molar-refractivity contribution >= 4 is 39.0 Å². The van der Waals surface area contributed by atoms with Gasteiger partial charge in [0.15, 0.2) is 16.4 Å². The molecule has 1 saturated carbocycles. The van der Waals surface area contributed by atoms with E-state index in [1.54, 1.807) is 11.0 Å². The number of sulfone groups is 1. The number of hydrogen-bond donors (Lipinski definition) is 1. The minimum atomic E-state index is -3.13. The summed E-state index contributed by atoms with van der Waals surface area (Å²) < 4.78 is 28.8. The number of carbonyl (C=O) groups excluding carboxylic acids is 3. The van der Waals surface area contributed by atoms with E-state index < -0.39 is 22.4 Å². The van der Waals surface area contributed by atoms with Crippen LogP contribution in [-0.2, 0) is 24.2 Å². The van der Waals surface area contributed by atoms with Crippen molar-refractivity contribution in [1.29, 1.82) is 0 Å². The molecule has 1 atom stereocenters. The zero-order valence-corrected chi connectivity index (χ0v) is 18.0. The summed E-state index contributed by atoms with van der Waals surface area (Å²) in [7, 11) is -3.13. The predicted molar refractivity (Wildman–Crippen MR) is 109 cm³/mol. The molecule has 1 aromatic rings. The number of esters is 1. The standard InChI is InChI=1S/C19H26N2O6S2/c1-13-6-7-16(28-13)19(24)20-10-18(23)27-11-17(22)21(14-4-2-3-5-14)15-8-9-29(25,26)12-15/h6-7,14-15H,2-5,8-12H2,1H3,(H,20,24)/t15-/m1/s1. The molecule has 1 aliphatic carbocycles. The number of aryl methyl sites for hydroxylation is 1. The molecule has 1 saturated heterocycles. The fraction of sp³-hybridized carbons (Fsp3) is 0.632. The van der Waals surface area contributed by atoms with Gasteiger partial charge in [-0.25, -0.2) is 8.42 Å². The molecule has 2 aliphatic rings. The van der Waals surface area contributed by atoms with Crippen molar-refractivity contribution in [2.24, 2.45) is 0 Å². The van der Waals surface area contributed by atoms with Gasteiger partial charge in [0.05, 0.1) is 16.4 Å². The Morgan fingerprint density at radius 3 is 2.48 bits per heavy atom. The maximum absolute atomic E-state index is 12.8. The highest BCUT2D eigenvalue weighted by molar-refractivity contribution is 7.91. The molecule has 0 aromatic carbocycles. The van der Waals surface area contributed by atoms with E-state index in [-0.39, 0.29) is 41.9 Å². The molecular formula is C19H26N2O6S2. The molecule has 8 nitrogen and oxygen atoms in total. The van der Waals surface area contributed by atoms with Crippen LogP contribution in [0, 0.1) is 6.92 Å². The summed E-state index contributed by atoms with van der Waals surface area (Å²) in [5.41, 5.74) is 0. The predicted octanol–water partition coefficient (Wildman–Crippen LogP) is 1.29. The van der Waals surface area contributed by atoms with Gasteiger partial charge < -0.3 is 15.0 Å². The van der Waals surface area contributed by atoms with Gasteiger partial charge in [-0.15, -0.1) is 11.3 Å². The maximum atomic E-state index is 12.8. The Hall–Kier alpha value is -1.94. The van der Waals surface area contributed by atoms with Gasteiger partial charge in [0.2, 0.25) is 0 Å². The number of hydrogen-bond acceptors (Lipinski definition) is 7. The van der Waals surface area contributed by atoms with Gasteiger partial charge >= 0.3 is 5.97 Å². The van der Waals surface area contributed by atoms with Crippen LogP contribution in [0.3, 0.4) is 0 Å². The first-order valence-corrected chi connectivity index (χ1v) is 12.4. The van der Waals surface area contributed by atoms with Crippen LogP contribution in [0.5, 0.6) is 0 Å². The summed E-state index contributed by atoms with van der Waals surface area (Å²) in [5, 5.41) is 2.48. The summed E-state index contributed by atoms with van der Waals surface area (Å²) in [5.74, 6) is -1.38. The number of carbonyl (C=O) groups is 3. The molecule has 0 unspecified atom stereocenters. The van der Waals surface area contributed by atoms with Crippen LogP contribution in [0.15, 0.2) is 12.1 Å². The van der Waals surface area contributed by atoms with Gasteiger partial charge in [-0.2, -0.15) is 0 Å². The molecule has 2 amide bonds. The highest BCUT2D eigenvalue weighted by atomic mass is 32.2. The van der Waals surface area contributed by atoms with E-state index in [4.69, 9.17) is 4.74 Å². The van der Waals surface area contributed by atoms with Crippen LogP contribution in [-0.4, -0.2) is 67.8 Å². The molecular weight excluding hydrogens is 416 g/mol. The third kappa shape index (κ3) is 5.79. The lowest BCUT2D eigenvalue weighted by Gasteiger charge is -2.33. The van der Waals surface area contributed by atoms with Crippen LogP contribution in [0.1, 0.15) is 46.7 Å². The molecule has 29 heavy (non-hydrogen) atoms. The summed E-state index contributed by atoms with van der Waals surface area (Å²) in [4.78, 5) is 39.8. The first kappa shape index (κ1) is 21.8. The zero-order valence-electron chi connectivity index (χ0n) is 16.4. The topological polar surface area (TPSA) is 110 Å². The first-order chi connectivity index (χ1) is 13.7. The second-order valence-corrected chi connectivity index (χ2v) is 11.1. The average molecular weight is 443 g/mol. The normalized spacial score (nSPS) is 21.1. The Balaban J connectivity index is 1.51. The Kier molecular flexibility index (Phi) is 6.94. The number of nitrogens with one attached hydrogen (secondary N) is 1. The van der Waals surface area contributed by atoms with Crippen molar-refractivity contribution in [3.63, 3.8) is 0 Å². The minimum absolute atomic E-state index is 0.00118. The summed E-state index contributed by atoms with van der Waals surface area (Å²) >= 11 is 1.32. The van der Waals surface area contributed by atoms with Crippen LogP contribution < -0.4 is 5.32 Å². The van der Waals surface area contributed by atoms with E-state index in [2.05, 4.69) is 5.32 Å². The quantitative estimate of drug-likeness (QED) is 0.637. The minimum Gasteiger partial charge on any atom is -0.454 e. The van der Waals surface area contributed by atoms with Crippen molar-refractivity contribution in [1.82, 2.24) is 10.2 Å². The summed E-state index contributed by atoms with van der Waals surface area (Å²) in [6.07, 6.45) is 4.11. The molecule has 0 spiro atoms. The van der Waals surface area contributed by atoms with E-state index in [0.29, 0.717) is 11.3 Å². The fourth-order valence-corrected chi connectivity index (χ4v) is 6.44. The lowest BCUT2D eigenvalue weighted by atomic mass is 10.1.